The van der Waals surface area contributed by atoms with Gasteiger partial charge in [0.1, 0.15) is 0 Å². The lowest BCUT2D eigenvalue weighted by Crippen LogP contribution is -2.26. The molecule has 9 heavy (non-hydrogen) atoms. The van der Waals surface area contributed by atoms with E-state index in [-0.39, 0.29) is 11.8 Å². The predicted octanol–water partition coefficient (Wildman–Crippen LogP) is -0.673. The van der Waals surface area contributed by atoms with E-state index in [0.29, 0.717) is 12.5 Å². The zero-order chi connectivity index (χ0) is 6.85. The van der Waals surface area contributed by atoms with Crippen molar-refractivity contribution in [2.75, 3.05) is 13.1 Å². The van der Waals surface area contributed by atoms with E-state index in [2.05, 4.69) is 5.32 Å². The molecule has 1 aliphatic heterocycles. The van der Waals surface area contributed by atoms with Crippen molar-refractivity contribution in [1.29, 1.82) is 0 Å². The first-order chi connectivity index (χ1) is 4.25. The summed E-state index contributed by atoms with van der Waals surface area (Å²) < 4.78 is 0. The first-order valence-corrected chi connectivity index (χ1v) is 3.23. The minimum Gasteiger partial charge on any atom is -0.356 e. The fourth-order valence-corrected chi connectivity index (χ4v) is 1.13. The van der Waals surface area contributed by atoms with Crippen molar-refractivity contribution >= 4 is 5.91 Å². The van der Waals surface area contributed by atoms with Crippen molar-refractivity contribution < 1.29 is 4.79 Å². The molecule has 52 valence electrons. The Morgan fingerprint density at radius 2 is 2.56 bits per heavy atom. The average molecular weight is 128 g/mol. The molecule has 3 N–H and O–H groups in total. The van der Waals surface area contributed by atoms with Gasteiger partial charge in [0, 0.05) is 13.1 Å². The summed E-state index contributed by atoms with van der Waals surface area (Å²) in [5.41, 5.74) is 5.35. The van der Waals surface area contributed by atoms with Crippen molar-refractivity contribution in [1.82, 2.24) is 5.32 Å². The van der Waals surface area contributed by atoms with Gasteiger partial charge in [-0.15, -0.1) is 0 Å². The summed E-state index contributed by atoms with van der Waals surface area (Å²) in [6.45, 7) is 3.31. The van der Waals surface area contributed by atoms with Crippen LogP contribution < -0.4 is 11.1 Å². The fourth-order valence-electron chi connectivity index (χ4n) is 1.13. The molecule has 1 heterocycles. The quantitative estimate of drug-likeness (QED) is 0.492. The van der Waals surface area contributed by atoms with E-state index >= 15 is 0 Å². The summed E-state index contributed by atoms with van der Waals surface area (Å²) >= 11 is 0. The third kappa shape index (κ3) is 1.05. The molecule has 0 bridgehead atoms. The number of amides is 1. The number of carbonyl (C=O) groups is 1. The van der Waals surface area contributed by atoms with E-state index in [1.165, 1.54) is 0 Å². The Bertz CT molecular complexity index is 124. The van der Waals surface area contributed by atoms with Gasteiger partial charge in [-0.3, -0.25) is 4.79 Å². The summed E-state index contributed by atoms with van der Waals surface area (Å²) in [6, 6.07) is 0. The Kier molecular flexibility index (Phi) is 1.71. The summed E-state index contributed by atoms with van der Waals surface area (Å²) in [6.07, 6.45) is 0. The second-order valence-corrected chi connectivity index (χ2v) is 2.56. The van der Waals surface area contributed by atoms with Crippen LogP contribution in [-0.4, -0.2) is 19.0 Å². The zero-order valence-electron chi connectivity index (χ0n) is 5.55. The van der Waals surface area contributed by atoms with E-state index in [4.69, 9.17) is 5.73 Å². The van der Waals surface area contributed by atoms with Gasteiger partial charge in [-0.2, -0.15) is 0 Å². The maximum Gasteiger partial charge on any atom is 0.224 e. The summed E-state index contributed by atoms with van der Waals surface area (Å²) in [4.78, 5) is 10.8. The Balaban J connectivity index is 2.55. The van der Waals surface area contributed by atoms with Gasteiger partial charge in [0.05, 0.1) is 5.92 Å². The van der Waals surface area contributed by atoms with E-state index in [1.54, 1.807) is 0 Å². The van der Waals surface area contributed by atoms with Gasteiger partial charge < -0.3 is 11.1 Å². The molecule has 3 nitrogen and oxygen atoms in total. The second-order valence-electron chi connectivity index (χ2n) is 2.56. The maximum absolute atomic E-state index is 10.8. The number of nitrogens with two attached hydrogens (primary N) is 1. The molecule has 2 unspecified atom stereocenters. The molecule has 0 saturated carbocycles. The average Bonchev–Trinajstić information content (AvgIpc) is 2.12. The molecule has 2 atom stereocenters. The molecule has 1 rings (SSSR count). The van der Waals surface area contributed by atoms with E-state index in [9.17, 15) is 4.79 Å². The Hall–Kier alpha value is -0.570. The molecule has 0 aliphatic carbocycles. The highest BCUT2D eigenvalue weighted by Crippen LogP contribution is 2.14. The molecule has 1 fully saturated rings. The Labute approximate surface area is 54.6 Å². The van der Waals surface area contributed by atoms with Crippen LogP contribution in [0.15, 0.2) is 0 Å². The first kappa shape index (κ1) is 6.55. The van der Waals surface area contributed by atoms with Crippen molar-refractivity contribution in [2.24, 2.45) is 17.6 Å². The van der Waals surface area contributed by atoms with Crippen LogP contribution in [0.2, 0.25) is 0 Å². The van der Waals surface area contributed by atoms with Crippen LogP contribution >= 0.6 is 0 Å². The topological polar surface area (TPSA) is 55.1 Å². The lowest BCUT2D eigenvalue weighted by atomic mass is 9.98. The van der Waals surface area contributed by atoms with Gasteiger partial charge >= 0.3 is 0 Å². The van der Waals surface area contributed by atoms with Gasteiger partial charge in [-0.25, -0.2) is 0 Å². The lowest BCUT2D eigenvalue weighted by molar-refractivity contribution is -0.122. The molecule has 1 saturated heterocycles. The van der Waals surface area contributed by atoms with Crippen LogP contribution in [0.25, 0.3) is 0 Å². The normalized spacial score (nSPS) is 34.7. The number of hydrogen-bond donors (Lipinski definition) is 2. The molecule has 1 amide bonds. The van der Waals surface area contributed by atoms with Crippen LogP contribution in [-0.2, 0) is 4.79 Å². The van der Waals surface area contributed by atoms with Gasteiger partial charge in [0.2, 0.25) is 5.91 Å². The number of hydrogen-bond acceptors (Lipinski definition) is 2. The van der Waals surface area contributed by atoms with Gasteiger partial charge in [-0.1, -0.05) is 6.92 Å². The Morgan fingerprint density at radius 3 is 2.78 bits per heavy atom. The molecule has 0 radical (unpaired) electrons. The molecular formula is C6H12N2O. The lowest BCUT2D eigenvalue weighted by Gasteiger charge is -2.06. The fraction of sp³-hybridized carbons (Fsp3) is 0.833. The third-order valence-electron chi connectivity index (χ3n) is 1.88. The molecule has 0 aromatic carbocycles. The third-order valence-corrected chi connectivity index (χ3v) is 1.88. The van der Waals surface area contributed by atoms with E-state index < -0.39 is 0 Å². The number of nitrogens with one attached hydrogen (secondary N) is 1. The number of rotatable bonds is 1. The number of carbonyl (C=O) groups excluding carboxylic acids is 1. The van der Waals surface area contributed by atoms with Crippen LogP contribution in [0.5, 0.6) is 0 Å². The van der Waals surface area contributed by atoms with Crippen molar-refractivity contribution in [2.45, 2.75) is 6.92 Å². The molecule has 0 aromatic rings. The van der Waals surface area contributed by atoms with Gasteiger partial charge in [0.25, 0.3) is 0 Å². The minimum absolute atomic E-state index is 0.0602. The predicted molar refractivity (Wildman–Crippen MR) is 34.7 cm³/mol. The SMILES string of the molecule is CC1CNC(=O)C1CN. The molecule has 1 aliphatic rings. The molecule has 0 aromatic heterocycles. The van der Waals surface area contributed by atoms with Crippen molar-refractivity contribution in [3.8, 4) is 0 Å². The maximum atomic E-state index is 10.8. The standard InChI is InChI=1S/C6H12N2O/c1-4-3-8-6(9)5(4)2-7/h4-5H,2-3,7H2,1H3,(H,8,9). The monoisotopic (exact) mass is 128 g/mol. The summed E-state index contributed by atoms with van der Waals surface area (Å²) in [5, 5.41) is 2.75. The van der Waals surface area contributed by atoms with E-state index in [1.807, 2.05) is 6.92 Å². The second kappa shape index (κ2) is 2.35. The molecule has 3 heteroatoms. The van der Waals surface area contributed by atoms with Crippen molar-refractivity contribution in [3.63, 3.8) is 0 Å². The van der Waals surface area contributed by atoms with Gasteiger partial charge in [0.15, 0.2) is 0 Å². The zero-order valence-corrected chi connectivity index (χ0v) is 5.55. The molecular weight excluding hydrogens is 116 g/mol. The Morgan fingerprint density at radius 1 is 1.89 bits per heavy atom. The van der Waals surface area contributed by atoms with E-state index in [0.717, 1.165) is 6.54 Å². The van der Waals surface area contributed by atoms with Crippen molar-refractivity contribution in [3.05, 3.63) is 0 Å². The summed E-state index contributed by atoms with van der Waals surface area (Å²) in [7, 11) is 0. The van der Waals surface area contributed by atoms with Gasteiger partial charge in [-0.05, 0) is 5.92 Å². The first-order valence-electron chi connectivity index (χ1n) is 3.23. The molecule has 0 spiro atoms. The summed E-state index contributed by atoms with van der Waals surface area (Å²) in [5.74, 6) is 0.595. The smallest absolute Gasteiger partial charge is 0.224 e. The van der Waals surface area contributed by atoms with Crippen LogP contribution in [0.1, 0.15) is 6.92 Å². The van der Waals surface area contributed by atoms with Crippen LogP contribution in [0.4, 0.5) is 0 Å². The largest absolute Gasteiger partial charge is 0.356 e. The highest BCUT2D eigenvalue weighted by Gasteiger charge is 2.29. The minimum atomic E-state index is 0.0602. The highest BCUT2D eigenvalue weighted by atomic mass is 16.2. The highest BCUT2D eigenvalue weighted by molar-refractivity contribution is 5.81. The van der Waals surface area contributed by atoms with Crippen LogP contribution in [0, 0.1) is 11.8 Å². The van der Waals surface area contributed by atoms with Crippen LogP contribution in [0.3, 0.4) is 0 Å².